The van der Waals surface area contributed by atoms with Gasteiger partial charge in [-0.3, -0.25) is 4.90 Å². The van der Waals surface area contributed by atoms with Gasteiger partial charge in [-0.25, -0.2) is 0 Å². The fraction of sp³-hybridized carbons (Fsp3) is 0.625. The Balaban J connectivity index is 0.00000242. The predicted molar refractivity (Wildman–Crippen MR) is 97.6 cm³/mol. The Hall–Kier alpha value is -0.720. The number of rotatable bonds is 8. The van der Waals surface area contributed by atoms with Crippen LogP contribution < -0.4 is 14.8 Å². The molecule has 7 heteroatoms. The Morgan fingerprint density at radius 2 is 1.91 bits per heavy atom. The maximum absolute atomic E-state index is 5.60. The molecule has 0 amide bonds. The third kappa shape index (κ3) is 7.59. The summed E-state index contributed by atoms with van der Waals surface area (Å²) < 4.78 is 16.2. The maximum Gasteiger partial charge on any atom is 0.161 e. The highest BCUT2D eigenvalue weighted by Gasteiger charge is 2.09. The van der Waals surface area contributed by atoms with Crippen LogP contribution in [0.4, 0.5) is 0 Å². The Morgan fingerprint density at radius 1 is 1.17 bits per heavy atom. The summed E-state index contributed by atoms with van der Waals surface area (Å²) in [6.45, 7) is 9.31. The monoisotopic (exact) mass is 366 g/mol. The first kappa shape index (κ1) is 22.3. The van der Waals surface area contributed by atoms with Crippen LogP contribution in [0.15, 0.2) is 18.2 Å². The van der Waals surface area contributed by atoms with Gasteiger partial charge in [0.25, 0.3) is 0 Å². The van der Waals surface area contributed by atoms with E-state index in [1.165, 1.54) is 5.56 Å². The van der Waals surface area contributed by atoms with Crippen molar-refractivity contribution in [2.75, 3.05) is 53.1 Å². The first-order valence-corrected chi connectivity index (χ1v) is 7.64. The lowest BCUT2D eigenvalue weighted by atomic mass is 10.2. The second kappa shape index (κ2) is 12.7. The molecule has 0 spiro atoms. The molecule has 1 aliphatic rings. The molecule has 0 atom stereocenters. The Morgan fingerprint density at radius 3 is 2.57 bits per heavy atom. The molecule has 1 aromatic carbocycles. The smallest absolute Gasteiger partial charge is 0.161 e. The summed E-state index contributed by atoms with van der Waals surface area (Å²) in [5.74, 6) is 1.60. The molecule has 0 saturated carbocycles. The molecular weight excluding hydrogens is 339 g/mol. The summed E-state index contributed by atoms with van der Waals surface area (Å²) in [5.41, 5.74) is 1.21. The summed E-state index contributed by atoms with van der Waals surface area (Å²) in [4.78, 5) is 2.43. The van der Waals surface area contributed by atoms with Gasteiger partial charge in [0, 0.05) is 32.7 Å². The van der Waals surface area contributed by atoms with Gasteiger partial charge in [-0.1, -0.05) is 6.07 Å². The zero-order valence-electron chi connectivity index (χ0n) is 13.9. The minimum absolute atomic E-state index is 0. The number of morpholine rings is 1. The van der Waals surface area contributed by atoms with E-state index in [-0.39, 0.29) is 24.8 Å². The van der Waals surface area contributed by atoms with Crippen LogP contribution in [0, 0.1) is 0 Å². The van der Waals surface area contributed by atoms with Gasteiger partial charge in [-0.05, 0) is 24.6 Å². The Kier molecular flexibility index (Phi) is 12.3. The molecule has 23 heavy (non-hydrogen) atoms. The number of halogens is 2. The maximum atomic E-state index is 5.60. The van der Waals surface area contributed by atoms with Crippen LogP contribution in [0.2, 0.25) is 0 Å². The molecule has 5 nitrogen and oxygen atoms in total. The van der Waals surface area contributed by atoms with Crippen LogP contribution in [-0.4, -0.2) is 58.0 Å². The van der Waals surface area contributed by atoms with Crippen LogP contribution >= 0.6 is 24.8 Å². The predicted octanol–water partition coefficient (Wildman–Crippen LogP) is 2.36. The SMILES string of the molecule is CCOc1cc(CNCCN2CCOCC2)ccc1OC.Cl.Cl. The quantitative estimate of drug-likeness (QED) is 0.715. The summed E-state index contributed by atoms with van der Waals surface area (Å²) in [6, 6.07) is 6.08. The molecule has 0 unspecified atom stereocenters. The lowest BCUT2D eigenvalue weighted by Crippen LogP contribution is -2.40. The van der Waals surface area contributed by atoms with E-state index in [9.17, 15) is 0 Å². The van der Waals surface area contributed by atoms with Gasteiger partial charge in [0.05, 0.1) is 26.9 Å². The fourth-order valence-corrected chi connectivity index (χ4v) is 2.39. The number of nitrogens with one attached hydrogen (secondary N) is 1. The van der Waals surface area contributed by atoms with Crippen molar-refractivity contribution in [1.29, 1.82) is 0 Å². The van der Waals surface area contributed by atoms with Crippen LogP contribution in [0.1, 0.15) is 12.5 Å². The minimum atomic E-state index is 0. The summed E-state index contributed by atoms with van der Waals surface area (Å²) in [5, 5.41) is 3.48. The van der Waals surface area contributed by atoms with E-state index in [0.717, 1.165) is 57.4 Å². The highest BCUT2D eigenvalue weighted by Crippen LogP contribution is 2.27. The highest BCUT2D eigenvalue weighted by molar-refractivity contribution is 5.85. The minimum Gasteiger partial charge on any atom is -0.493 e. The third-order valence-electron chi connectivity index (χ3n) is 3.57. The second-order valence-electron chi connectivity index (χ2n) is 5.05. The van der Waals surface area contributed by atoms with E-state index in [4.69, 9.17) is 14.2 Å². The molecule has 0 aliphatic carbocycles. The number of methoxy groups -OCH3 is 1. The molecule has 1 N–H and O–H groups in total. The molecule has 1 saturated heterocycles. The second-order valence-corrected chi connectivity index (χ2v) is 5.05. The van der Waals surface area contributed by atoms with Gasteiger partial charge < -0.3 is 19.5 Å². The van der Waals surface area contributed by atoms with Crippen molar-refractivity contribution in [1.82, 2.24) is 10.2 Å². The van der Waals surface area contributed by atoms with Crippen molar-refractivity contribution < 1.29 is 14.2 Å². The number of ether oxygens (including phenoxy) is 3. The third-order valence-corrected chi connectivity index (χ3v) is 3.57. The van der Waals surface area contributed by atoms with Gasteiger partial charge in [0.1, 0.15) is 0 Å². The van der Waals surface area contributed by atoms with Crippen molar-refractivity contribution in [3.8, 4) is 11.5 Å². The zero-order valence-corrected chi connectivity index (χ0v) is 15.5. The molecule has 0 aromatic heterocycles. The number of hydrogen-bond acceptors (Lipinski definition) is 5. The first-order chi connectivity index (χ1) is 10.3. The standard InChI is InChI=1S/C16H26N2O3.2ClH/c1-3-21-16-12-14(4-5-15(16)19-2)13-17-6-7-18-8-10-20-11-9-18;;/h4-5,12,17H,3,6-11,13H2,1-2H3;2*1H. The van der Waals surface area contributed by atoms with Gasteiger partial charge in [-0.2, -0.15) is 0 Å². The van der Waals surface area contributed by atoms with Crippen LogP contribution in [0.3, 0.4) is 0 Å². The molecule has 0 bridgehead atoms. The number of hydrogen-bond donors (Lipinski definition) is 1. The van der Waals surface area contributed by atoms with E-state index in [1.54, 1.807) is 7.11 Å². The van der Waals surface area contributed by atoms with Crippen molar-refractivity contribution in [3.63, 3.8) is 0 Å². The molecule has 1 aliphatic heterocycles. The highest BCUT2D eigenvalue weighted by atomic mass is 35.5. The van der Waals surface area contributed by atoms with Gasteiger partial charge >= 0.3 is 0 Å². The van der Waals surface area contributed by atoms with Crippen molar-refractivity contribution >= 4 is 24.8 Å². The zero-order chi connectivity index (χ0) is 14.9. The van der Waals surface area contributed by atoms with E-state index in [0.29, 0.717) is 6.61 Å². The summed E-state index contributed by atoms with van der Waals surface area (Å²) in [7, 11) is 1.66. The summed E-state index contributed by atoms with van der Waals surface area (Å²) in [6.07, 6.45) is 0. The van der Waals surface area contributed by atoms with E-state index < -0.39 is 0 Å². The van der Waals surface area contributed by atoms with Crippen LogP contribution in [0.25, 0.3) is 0 Å². The largest absolute Gasteiger partial charge is 0.493 e. The molecule has 1 aromatic rings. The first-order valence-electron chi connectivity index (χ1n) is 7.64. The molecule has 134 valence electrons. The average Bonchev–Trinajstić information content (AvgIpc) is 2.53. The number of nitrogens with zero attached hydrogens (tertiary/aromatic N) is 1. The lowest BCUT2D eigenvalue weighted by molar-refractivity contribution is 0.0384. The van der Waals surface area contributed by atoms with Gasteiger partial charge in [0.15, 0.2) is 11.5 Å². The van der Waals surface area contributed by atoms with E-state index in [1.807, 2.05) is 19.1 Å². The lowest BCUT2D eigenvalue weighted by Gasteiger charge is -2.26. The van der Waals surface area contributed by atoms with Crippen LogP contribution in [0.5, 0.6) is 11.5 Å². The van der Waals surface area contributed by atoms with Crippen LogP contribution in [-0.2, 0) is 11.3 Å². The Bertz CT molecular complexity index is 430. The van der Waals surface area contributed by atoms with E-state index >= 15 is 0 Å². The topological polar surface area (TPSA) is 43.0 Å². The molecule has 1 heterocycles. The van der Waals surface area contributed by atoms with Crippen molar-refractivity contribution in [2.45, 2.75) is 13.5 Å². The fourth-order valence-electron chi connectivity index (χ4n) is 2.39. The molecular formula is C16H28Cl2N2O3. The van der Waals surface area contributed by atoms with Gasteiger partial charge in [0.2, 0.25) is 0 Å². The average molecular weight is 367 g/mol. The normalized spacial score (nSPS) is 14.5. The Labute approximate surface area is 151 Å². The molecule has 0 radical (unpaired) electrons. The molecule has 2 rings (SSSR count). The molecule has 1 fully saturated rings. The number of benzene rings is 1. The summed E-state index contributed by atoms with van der Waals surface area (Å²) >= 11 is 0. The van der Waals surface area contributed by atoms with Crippen molar-refractivity contribution in [2.24, 2.45) is 0 Å². The van der Waals surface area contributed by atoms with Gasteiger partial charge in [-0.15, -0.1) is 24.8 Å². The van der Waals surface area contributed by atoms with Crippen molar-refractivity contribution in [3.05, 3.63) is 23.8 Å². The van der Waals surface area contributed by atoms with E-state index in [2.05, 4.69) is 16.3 Å².